The van der Waals surface area contributed by atoms with E-state index in [4.69, 9.17) is 9.47 Å². The van der Waals surface area contributed by atoms with Gasteiger partial charge in [-0.05, 0) is 36.0 Å². The molecule has 0 bridgehead atoms. The summed E-state index contributed by atoms with van der Waals surface area (Å²) >= 11 is 0. The van der Waals surface area contributed by atoms with E-state index in [1.54, 1.807) is 6.07 Å². The quantitative estimate of drug-likeness (QED) is 0.206. The minimum atomic E-state index is -0.827. The van der Waals surface area contributed by atoms with Gasteiger partial charge in [0.2, 0.25) is 11.8 Å². The molecule has 2 aromatic carbocycles. The number of amides is 3. The SMILES string of the molecule is COC(=O)[C@@H](NC(=O)CC1OC1C(Cc1ccccc1)NC(=O)[C@H](NC(=O)c1ccc2ccccc2n1)C(C)C)C(C)C. The van der Waals surface area contributed by atoms with Gasteiger partial charge in [0.15, 0.2) is 0 Å². The average Bonchev–Trinajstić information content (AvgIpc) is 3.76. The van der Waals surface area contributed by atoms with Gasteiger partial charge in [0, 0.05) is 5.39 Å². The number of fused-ring (bicyclic) bond motifs is 1. The maximum Gasteiger partial charge on any atom is 0.328 e. The maximum absolute atomic E-state index is 13.6. The van der Waals surface area contributed by atoms with Crippen LogP contribution in [-0.2, 0) is 30.3 Å². The molecule has 3 N–H and O–H groups in total. The Hall–Kier alpha value is -4.31. The number of methoxy groups -OCH3 is 1. The van der Waals surface area contributed by atoms with E-state index in [9.17, 15) is 19.2 Å². The van der Waals surface area contributed by atoms with Crippen molar-refractivity contribution in [3.8, 4) is 0 Å². The summed E-state index contributed by atoms with van der Waals surface area (Å²) in [6, 6.07) is 18.6. The van der Waals surface area contributed by atoms with Crippen LogP contribution >= 0.6 is 0 Å². The topological polar surface area (TPSA) is 139 Å². The van der Waals surface area contributed by atoms with Crippen molar-refractivity contribution in [3.63, 3.8) is 0 Å². The highest BCUT2D eigenvalue weighted by Gasteiger charge is 2.47. The van der Waals surface area contributed by atoms with Gasteiger partial charge in [-0.15, -0.1) is 0 Å². The van der Waals surface area contributed by atoms with Gasteiger partial charge in [-0.25, -0.2) is 9.78 Å². The van der Waals surface area contributed by atoms with Crippen LogP contribution in [0.3, 0.4) is 0 Å². The number of ether oxygens (including phenoxy) is 2. The predicted octanol–water partition coefficient (Wildman–Crippen LogP) is 3.19. The van der Waals surface area contributed by atoms with E-state index in [1.807, 2.05) is 88.4 Å². The number of esters is 1. The van der Waals surface area contributed by atoms with E-state index >= 15 is 0 Å². The fourth-order valence-corrected chi connectivity index (χ4v) is 5.05. The first-order chi connectivity index (χ1) is 20.6. The second-order valence-electron chi connectivity index (χ2n) is 11.5. The van der Waals surface area contributed by atoms with Gasteiger partial charge in [0.25, 0.3) is 5.91 Å². The third-order valence-corrected chi connectivity index (χ3v) is 7.54. The van der Waals surface area contributed by atoms with Crippen LogP contribution < -0.4 is 16.0 Å². The highest BCUT2D eigenvalue weighted by atomic mass is 16.6. The zero-order chi connectivity index (χ0) is 31.1. The van der Waals surface area contributed by atoms with Crippen molar-refractivity contribution in [2.24, 2.45) is 11.8 Å². The summed E-state index contributed by atoms with van der Waals surface area (Å²) in [6.07, 6.45) is -0.356. The van der Waals surface area contributed by atoms with Crippen molar-refractivity contribution >= 4 is 34.6 Å². The van der Waals surface area contributed by atoms with E-state index in [1.165, 1.54) is 7.11 Å². The van der Waals surface area contributed by atoms with Gasteiger partial charge in [-0.2, -0.15) is 0 Å². The molecule has 10 nitrogen and oxygen atoms in total. The lowest BCUT2D eigenvalue weighted by Gasteiger charge is -2.25. The first-order valence-electron chi connectivity index (χ1n) is 14.6. The summed E-state index contributed by atoms with van der Waals surface area (Å²) in [6.45, 7) is 7.36. The highest BCUT2D eigenvalue weighted by Crippen LogP contribution is 2.30. The van der Waals surface area contributed by atoms with Crippen LogP contribution in [0.2, 0.25) is 0 Å². The lowest BCUT2D eigenvalue weighted by atomic mass is 9.98. The summed E-state index contributed by atoms with van der Waals surface area (Å²) in [4.78, 5) is 56.1. The first-order valence-corrected chi connectivity index (χ1v) is 14.6. The van der Waals surface area contributed by atoms with Crippen molar-refractivity contribution in [1.29, 1.82) is 0 Å². The van der Waals surface area contributed by atoms with Gasteiger partial charge in [-0.1, -0.05) is 82.3 Å². The number of hydrogen-bond acceptors (Lipinski definition) is 7. The number of aromatic nitrogens is 1. The van der Waals surface area contributed by atoms with Crippen molar-refractivity contribution in [2.45, 2.75) is 70.9 Å². The number of hydrogen-bond donors (Lipinski definition) is 3. The summed E-state index contributed by atoms with van der Waals surface area (Å²) < 4.78 is 10.7. The van der Waals surface area contributed by atoms with Crippen LogP contribution in [-0.4, -0.2) is 66.1 Å². The Balaban J connectivity index is 1.44. The van der Waals surface area contributed by atoms with Gasteiger partial charge in [0.1, 0.15) is 23.9 Å². The highest BCUT2D eigenvalue weighted by molar-refractivity contribution is 5.98. The van der Waals surface area contributed by atoms with Crippen molar-refractivity contribution in [2.75, 3.05) is 7.11 Å². The monoisotopic (exact) mass is 588 g/mol. The summed E-state index contributed by atoms with van der Waals surface area (Å²) in [5.74, 6) is -2.00. The fourth-order valence-electron chi connectivity index (χ4n) is 5.05. The van der Waals surface area contributed by atoms with Gasteiger partial charge in [0.05, 0.1) is 31.2 Å². The molecule has 1 saturated heterocycles. The molecule has 1 fully saturated rings. The van der Waals surface area contributed by atoms with Crippen LogP contribution in [0.5, 0.6) is 0 Å². The van der Waals surface area contributed by atoms with E-state index in [0.717, 1.165) is 10.9 Å². The smallest absolute Gasteiger partial charge is 0.328 e. The van der Waals surface area contributed by atoms with Crippen molar-refractivity contribution in [3.05, 3.63) is 78.0 Å². The number of benzene rings is 2. The van der Waals surface area contributed by atoms with Gasteiger partial charge < -0.3 is 25.4 Å². The van der Waals surface area contributed by atoms with E-state index in [2.05, 4.69) is 20.9 Å². The first kappa shape index (κ1) is 31.6. The molecule has 10 heteroatoms. The van der Waals surface area contributed by atoms with E-state index < -0.39 is 42.2 Å². The maximum atomic E-state index is 13.6. The minimum Gasteiger partial charge on any atom is -0.467 e. The minimum absolute atomic E-state index is 0.0318. The fraction of sp³-hybridized carbons (Fsp3) is 0.424. The molecule has 2 heterocycles. The van der Waals surface area contributed by atoms with Crippen LogP contribution in [0.4, 0.5) is 0 Å². The van der Waals surface area contributed by atoms with Crippen LogP contribution in [0.25, 0.3) is 10.9 Å². The Morgan fingerprint density at radius 1 is 0.837 bits per heavy atom. The Morgan fingerprint density at radius 2 is 1.51 bits per heavy atom. The zero-order valence-electron chi connectivity index (χ0n) is 25.2. The average molecular weight is 589 g/mol. The molecular weight excluding hydrogens is 548 g/mol. The summed E-state index contributed by atoms with van der Waals surface area (Å²) in [5, 5.41) is 9.59. The van der Waals surface area contributed by atoms with Gasteiger partial charge >= 0.3 is 5.97 Å². The molecule has 0 spiro atoms. The van der Waals surface area contributed by atoms with E-state index in [0.29, 0.717) is 11.9 Å². The number of rotatable bonds is 13. The molecule has 3 aromatic rings. The number of carbonyl (C=O) groups is 4. The number of nitrogens with one attached hydrogen (secondary N) is 3. The lowest BCUT2D eigenvalue weighted by molar-refractivity contribution is -0.146. The standard InChI is InChI=1S/C33H40N4O6/c1-19(2)28(37-31(39)24-16-15-22-13-9-10-14-23(22)34-24)32(40)35-25(17-21-11-7-6-8-12-21)30-26(43-30)18-27(38)36-29(20(3)4)33(41)42-5/h6-16,19-20,25-26,28-30H,17-18H2,1-5H3,(H,35,40)(H,36,38)(H,37,39)/t25?,26?,28-,29+,30?/m1/s1. The summed E-state index contributed by atoms with van der Waals surface area (Å²) in [5.41, 5.74) is 1.90. The molecule has 5 atom stereocenters. The normalized spacial score (nSPS) is 18.0. The Morgan fingerprint density at radius 3 is 2.19 bits per heavy atom. The second-order valence-corrected chi connectivity index (χ2v) is 11.5. The summed E-state index contributed by atoms with van der Waals surface area (Å²) in [7, 11) is 1.28. The number of epoxide rings is 1. The van der Waals surface area contributed by atoms with Crippen LogP contribution in [0.1, 0.15) is 50.2 Å². The third kappa shape index (κ3) is 8.38. The van der Waals surface area contributed by atoms with E-state index in [-0.39, 0.29) is 35.8 Å². The third-order valence-electron chi connectivity index (χ3n) is 7.54. The molecule has 228 valence electrons. The molecule has 1 aliphatic rings. The second kappa shape index (κ2) is 14.2. The molecule has 3 amide bonds. The lowest BCUT2D eigenvalue weighted by Crippen LogP contribution is -2.54. The largest absolute Gasteiger partial charge is 0.467 e. The number of pyridine rings is 1. The number of nitrogens with zero attached hydrogens (tertiary/aromatic N) is 1. The Kier molecular flexibility index (Phi) is 10.5. The zero-order valence-corrected chi connectivity index (χ0v) is 25.2. The Labute approximate surface area is 251 Å². The predicted molar refractivity (Wildman–Crippen MR) is 162 cm³/mol. The van der Waals surface area contributed by atoms with Crippen molar-refractivity contribution < 1.29 is 28.7 Å². The van der Waals surface area contributed by atoms with Crippen LogP contribution in [0.15, 0.2) is 66.7 Å². The number of para-hydroxylation sites is 1. The molecular formula is C33H40N4O6. The molecule has 0 saturated carbocycles. The molecule has 43 heavy (non-hydrogen) atoms. The van der Waals surface area contributed by atoms with Gasteiger partial charge in [-0.3, -0.25) is 14.4 Å². The molecule has 1 aliphatic heterocycles. The molecule has 0 radical (unpaired) electrons. The Bertz CT molecular complexity index is 1440. The molecule has 1 aromatic heterocycles. The van der Waals surface area contributed by atoms with Crippen molar-refractivity contribution in [1.82, 2.24) is 20.9 Å². The molecule has 3 unspecified atom stereocenters. The molecule has 4 rings (SSSR count). The number of carbonyl (C=O) groups excluding carboxylic acids is 4. The van der Waals surface area contributed by atoms with Crippen LogP contribution in [0, 0.1) is 11.8 Å². The molecule has 0 aliphatic carbocycles.